The van der Waals surface area contributed by atoms with Crippen LogP contribution in [-0.2, 0) is 10.0 Å². The van der Waals surface area contributed by atoms with Gasteiger partial charge in [-0.15, -0.1) is 0 Å². The molecule has 1 aliphatic heterocycles. The van der Waals surface area contributed by atoms with Crippen LogP contribution >= 0.6 is 23.2 Å². The Hall–Kier alpha value is -1.80. The molecule has 0 bridgehead atoms. The summed E-state index contributed by atoms with van der Waals surface area (Å²) in [6.07, 6.45) is 2.71. The van der Waals surface area contributed by atoms with E-state index in [1.54, 1.807) is 25.2 Å². The summed E-state index contributed by atoms with van der Waals surface area (Å²) in [4.78, 5) is 14.4. The lowest BCUT2D eigenvalue weighted by molar-refractivity contribution is 0.0773. The largest absolute Gasteiger partial charge is 0.490 e. The van der Waals surface area contributed by atoms with Gasteiger partial charge in [0.25, 0.3) is 5.91 Å². The van der Waals surface area contributed by atoms with Crippen molar-refractivity contribution < 1.29 is 17.9 Å². The number of ether oxygens (including phenoxy) is 1. The lowest BCUT2D eigenvalue weighted by atomic mass is 10.2. The zero-order valence-electron chi connectivity index (χ0n) is 16.7. The van der Waals surface area contributed by atoms with Crippen molar-refractivity contribution in [2.75, 3.05) is 33.3 Å². The minimum absolute atomic E-state index is 0.0814. The van der Waals surface area contributed by atoms with E-state index in [4.69, 9.17) is 27.9 Å². The first-order chi connectivity index (χ1) is 14.3. The normalized spacial score (nSPS) is 15.0. The smallest absolute Gasteiger partial charge is 0.255 e. The Morgan fingerprint density at radius 1 is 1.07 bits per heavy atom. The number of benzene rings is 2. The molecule has 0 saturated carbocycles. The molecule has 6 nitrogen and oxygen atoms in total. The van der Waals surface area contributed by atoms with Crippen molar-refractivity contribution in [2.45, 2.75) is 24.2 Å². The average molecular weight is 471 g/mol. The van der Waals surface area contributed by atoms with E-state index in [0.29, 0.717) is 23.9 Å². The zero-order valence-corrected chi connectivity index (χ0v) is 19.0. The van der Waals surface area contributed by atoms with Crippen LogP contribution < -0.4 is 4.74 Å². The molecule has 1 aliphatic rings. The summed E-state index contributed by atoms with van der Waals surface area (Å²) >= 11 is 12.3. The van der Waals surface area contributed by atoms with Gasteiger partial charge in [-0.1, -0.05) is 41.8 Å². The molecule has 0 radical (unpaired) electrons. The molecule has 0 N–H and O–H groups in total. The van der Waals surface area contributed by atoms with Crippen LogP contribution in [0.15, 0.2) is 47.4 Å². The van der Waals surface area contributed by atoms with Crippen molar-refractivity contribution in [3.8, 4) is 5.75 Å². The van der Waals surface area contributed by atoms with Gasteiger partial charge in [0.1, 0.15) is 12.4 Å². The fourth-order valence-corrected chi connectivity index (χ4v) is 5.18. The Balaban J connectivity index is 1.70. The predicted octanol–water partition coefficient (Wildman–Crippen LogP) is 4.32. The first-order valence-corrected chi connectivity index (χ1v) is 11.9. The number of amides is 1. The topological polar surface area (TPSA) is 66.9 Å². The highest BCUT2D eigenvalue weighted by atomic mass is 35.5. The van der Waals surface area contributed by atoms with Crippen LogP contribution in [0.4, 0.5) is 0 Å². The molecule has 2 aromatic rings. The van der Waals surface area contributed by atoms with E-state index >= 15 is 0 Å². The first kappa shape index (κ1) is 22.9. The number of sulfonamides is 1. The fraction of sp³-hybridized carbons (Fsp3) is 0.381. The van der Waals surface area contributed by atoms with Gasteiger partial charge >= 0.3 is 0 Å². The van der Waals surface area contributed by atoms with Crippen LogP contribution in [0.1, 0.15) is 29.6 Å². The van der Waals surface area contributed by atoms with Crippen LogP contribution in [0.5, 0.6) is 5.75 Å². The van der Waals surface area contributed by atoms with Crippen molar-refractivity contribution in [3.63, 3.8) is 0 Å². The highest BCUT2D eigenvalue weighted by Gasteiger charge is 2.27. The molecule has 0 atom stereocenters. The SMILES string of the molecule is CN(CCOc1ccccc1Cl)C(=O)c1cc(S(=O)(=O)N2CCCCC2)ccc1Cl. The fourth-order valence-electron chi connectivity index (χ4n) is 3.24. The molecule has 3 rings (SSSR count). The summed E-state index contributed by atoms with van der Waals surface area (Å²) in [7, 11) is -2.04. The number of hydrogen-bond acceptors (Lipinski definition) is 4. The van der Waals surface area contributed by atoms with E-state index in [2.05, 4.69) is 0 Å². The number of rotatable bonds is 7. The standard InChI is InChI=1S/C21H24Cl2N2O4S/c1-24(13-14-29-20-8-4-3-7-19(20)23)21(26)17-15-16(9-10-18(17)22)30(27,28)25-11-5-2-6-12-25/h3-4,7-10,15H,2,5-6,11-14H2,1H3. The predicted molar refractivity (Wildman–Crippen MR) is 118 cm³/mol. The van der Waals surface area contributed by atoms with Crippen LogP contribution in [0, 0.1) is 0 Å². The quantitative estimate of drug-likeness (QED) is 0.604. The van der Waals surface area contributed by atoms with Crippen molar-refractivity contribution in [2.24, 2.45) is 0 Å². The van der Waals surface area contributed by atoms with Gasteiger partial charge in [0.2, 0.25) is 10.0 Å². The highest BCUT2D eigenvalue weighted by Crippen LogP contribution is 2.26. The third-order valence-electron chi connectivity index (χ3n) is 4.99. The molecule has 1 saturated heterocycles. The monoisotopic (exact) mass is 470 g/mol. The third kappa shape index (κ3) is 5.27. The molecule has 0 spiro atoms. The summed E-state index contributed by atoms with van der Waals surface area (Å²) in [5.41, 5.74) is 0.148. The molecular weight excluding hydrogens is 447 g/mol. The van der Waals surface area contributed by atoms with Gasteiger partial charge in [-0.3, -0.25) is 4.79 Å². The maximum atomic E-state index is 12.9. The molecule has 1 heterocycles. The number of hydrogen-bond donors (Lipinski definition) is 0. The second-order valence-electron chi connectivity index (χ2n) is 7.11. The first-order valence-electron chi connectivity index (χ1n) is 9.73. The summed E-state index contributed by atoms with van der Waals surface area (Å²) in [5.74, 6) is 0.158. The molecule has 0 aliphatic carbocycles. The zero-order chi connectivity index (χ0) is 21.7. The van der Waals surface area contributed by atoms with Gasteiger partial charge in [0, 0.05) is 20.1 Å². The van der Waals surface area contributed by atoms with Crippen molar-refractivity contribution in [1.82, 2.24) is 9.21 Å². The molecular formula is C21H24Cl2N2O4S. The van der Waals surface area contributed by atoms with Crippen molar-refractivity contribution >= 4 is 39.1 Å². The number of para-hydroxylation sites is 1. The number of carbonyl (C=O) groups excluding carboxylic acids is 1. The molecule has 9 heteroatoms. The van der Waals surface area contributed by atoms with Crippen molar-refractivity contribution in [3.05, 3.63) is 58.1 Å². The van der Waals surface area contributed by atoms with E-state index in [1.165, 1.54) is 27.4 Å². The Bertz CT molecular complexity index is 1010. The van der Waals surface area contributed by atoms with Crippen molar-refractivity contribution in [1.29, 1.82) is 0 Å². The summed E-state index contributed by atoms with van der Waals surface area (Å²) < 4.78 is 32.9. The van der Waals surface area contributed by atoms with Gasteiger partial charge in [-0.25, -0.2) is 8.42 Å². The Labute approximate surface area is 187 Å². The number of carbonyl (C=O) groups is 1. The Morgan fingerprint density at radius 3 is 2.47 bits per heavy atom. The number of piperidine rings is 1. The minimum atomic E-state index is -3.65. The number of likely N-dealkylation sites (N-methyl/N-ethyl adjacent to an activating group) is 1. The van der Waals surface area contributed by atoms with E-state index in [1.807, 2.05) is 6.07 Å². The third-order valence-corrected chi connectivity index (χ3v) is 7.53. The summed E-state index contributed by atoms with van der Waals surface area (Å²) in [6.45, 7) is 1.50. The molecule has 30 heavy (non-hydrogen) atoms. The maximum absolute atomic E-state index is 12.9. The molecule has 0 aromatic heterocycles. The van der Waals surface area contributed by atoms with E-state index in [9.17, 15) is 13.2 Å². The number of nitrogens with zero attached hydrogens (tertiary/aromatic N) is 2. The second-order valence-corrected chi connectivity index (χ2v) is 9.86. The van der Waals surface area contributed by atoms with E-state index in [0.717, 1.165) is 19.3 Å². The summed E-state index contributed by atoms with van der Waals surface area (Å²) in [6, 6.07) is 11.3. The van der Waals surface area contributed by atoms with Crippen LogP contribution in [0.3, 0.4) is 0 Å². The van der Waals surface area contributed by atoms with Gasteiger partial charge in [0.15, 0.2) is 0 Å². The number of halogens is 2. The lowest BCUT2D eigenvalue weighted by Gasteiger charge is -2.26. The van der Waals surface area contributed by atoms with Crippen LogP contribution in [0.25, 0.3) is 0 Å². The van der Waals surface area contributed by atoms with Gasteiger partial charge < -0.3 is 9.64 Å². The molecule has 0 unspecified atom stereocenters. The lowest BCUT2D eigenvalue weighted by Crippen LogP contribution is -2.36. The van der Waals surface area contributed by atoms with Crippen LogP contribution in [0.2, 0.25) is 10.0 Å². The summed E-state index contributed by atoms with van der Waals surface area (Å²) in [5, 5.41) is 0.696. The maximum Gasteiger partial charge on any atom is 0.255 e. The second kappa shape index (κ2) is 10.0. The molecule has 2 aromatic carbocycles. The molecule has 1 amide bonds. The Kier molecular flexibility index (Phi) is 7.63. The van der Waals surface area contributed by atoms with Gasteiger partial charge in [-0.05, 0) is 43.2 Å². The van der Waals surface area contributed by atoms with Gasteiger partial charge in [0.05, 0.1) is 27.0 Å². The van der Waals surface area contributed by atoms with E-state index in [-0.39, 0.29) is 34.5 Å². The van der Waals surface area contributed by atoms with Gasteiger partial charge in [-0.2, -0.15) is 4.31 Å². The van der Waals surface area contributed by atoms with E-state index < -0.39 is 10.0 Å². The van der Waals surface area contributed by atoms with Crippen LogP contribution in [-0.4, -0.2) is 56.8 Å². The minimum Gasteiger partial charge on any atom is -0.490 e. The molecule has 1 fully saturated rings. The molecule has 162 valence electrons. The average Bonchev–Trinajstić information content (AvgIpc) is 2.75. The Morgan fingerprint density at radius 2 is 1.77 bits per heavy atom. The highest BCUT2D eigenvalue weighted by molar-refractivity contribution is 7.89.